The highest BCUT2D eigenvalue weighted by Gasteiger charge is 2.11. The van der Waals surface area contributed by atoms with Crippen LogP contribution in [0.5, 0.6) is 5.75 Å². The van der Waals surface area contributed by atoms with Gasteiger partial charge in [0.1, 0.15) is 5.75 Å². The van der Waals surface area contributed by atoms with Gasteiger partial charge in [-0.25, -0.2) is 4.79 Å². The fraction of sp³-hybridized carbons (Fsp3) is 0.133. The Labute approximate surface area is 136 Å². The van der Waals surface area contributed by atoms with Crippen molar-refractivity contribution >= 4 is 23.4 Å². The normalized spacial score (nSPS) is 10.3. The maximum absolute atomic E-state index is 11.8. The van der Waals surface area contributed by atoms with Gasteiger partial charge >= 0.3 is 12.0 Å². The number of hydrogen-bond donors (Lipinski definition) is 2. The third kappa shape index (κ3) is 3.86. The van der Waals surface area contributed by atoms with Crippen LogP contribution in [0, 0.1) is 0 Å². The molecule has 0 fully saturated rings. The van der Waals surface area contributed by atoms with Gasteiger partial charge in [0.2, 0.25) is 0 Å². The molecule has 0 spiro atoms. The van der Waals surface area contributed by atoms with Gasteiger partial charge in [-0.05, 0) is 29.1 Å². The van der Waals surface area contributed by atoms with Gasteiger partial charge in [0.15, 0.2) is 0 Å². The highest BCUT2D eigenvalue weighted by Crippen LogP contribution is 2.21. The Morgan fingerprint density at radius 3 is 2.78 bits per heavy atom. The van der Waals surface area contributed by atoms with Gasteiger partial charge in [-0.2, -0.15) is 11.3 Å². The summed E-state index contributed by atoms with van der Waals surface area (Å²) in [6, 6.07) is 8.92. The van der Waals surface area contributed by atoms with Crippen LogP contribution in [-0.2, 0) is 6.54 Å². The number of carbonyl (C=O) groups is 1. The predicted octanol–water partition coefficient (Wildman–Crippen LogP) is 3.13. The number of thiophene rings is 1. The Morgan fingerprint density at radius 1 is 1.26 bits per heavy atom. The molecule has 2 aromatic heterocycles. The summed E-state index contributed by atoms with van der Waals surface area (Å²) >= 11 is 1.53. The lowest BCUT2D eigenvalue weighted by molar-refractivity contribution is 0.251. The Bertz CT molecular complexity index is 768. The number of amides is 2. The molecule has 8 heteroatoms. The highest BCUT2D eigenvalue weighted by atomic mass is 32.1. The van der Waals surface area contributed by atoms with Gasteiger partial charge in [-0.1, -0.05) is 17.2 Å². The summed E-state index contributed by atoms with van der Waals surface area (Å²) in [5.74, 6) is 1.14. The Morgan fingerprint density at radius 2 is 2.09 bits per heavy atom. The van der Waals surface area contributed by atoms with Gasteiger partial charge in [0, 0.05) is 17.5 Å². The number of ether oxygens (including phenoxy) is 1. The van der Waals surface area contributed by atoms with E-state index in [0.29, 0.717) is 12.4 Å². The average molecular weight is 330 g/mol. The summed E-state index contributed by atoms with van der Waals surface area (Å²) < 4.78 is 10.5. The molecule has 0 atom stereocenters. The van der Waals surface area contributed by atoms with E-state index in [1.54, 1.807) is 7.11 Å². The van der Waals surface area contributed by atoms with E-state index in [2.05, 4.69) is 20.8 Å². The third-order valence-corrected chi connectivity index (χ3v) is 3.71. The number of methoxy groups -OCH3 is 1. The molecule has 0 aliphatic carbocycles. The Kier molecular flexibility index (Phi) is 4.53. The molecule has 23 heavy (non-hydrogen) atoms. The van der Waals surface area contributed by atoms with E-state index in [9.17, 15) is 4.79 Å². The Balaban J connectivity index is 1.53. The second-order valence-corrected chi connectivity index (χ2v) is 5.36. The average Bonchev–Trinajstić information content (AvgIpc) is 3.24. The lowest BCUT2D eigenvalue weighted by Gasteiger charge is -2.05. The number of anilines is 1. The van der Waals surface area contributed by atoms with E-state index in [4.69, 9.17) is 9.15 Å². The third-order valence-electron chi connectivity index (χ3n) is 3.03. The molecule has 1 aromatic carbocycles. The van der Waals surface area contributed by atoms with Crippen LogP contribution in [0.3, 0.4) is 0 Å². The zero-order valence-corrected chi connectivity index (χ0v) is 13.1. The van der Waals surface area contributed by atoms with Crippen LogP contribution < -0.4 is 15.4 Å². The first-order valence-corrected chi connectivity index (χ1v) is 7.73. The van der Waals surface area contributed by atoms with Crippen molar-refractivity contribution in [1.82, 2.24) is 15.5 Å². The number of carbonyl (C=O) groups excluding carboxylic acids is 1. The summed E-state index contributed by atoms with van der Waals surface area (Å²) in [5, 5.41) is 16.7. The molecule has 3 rings (SSSR count). The molecule has 2 N–H and O–H groups in total. The number of hydrogen-bond acceptors (Lipinski definition) is 6. The van der Waals surface area contributed by atoms with Gasteiger partial charge < -0.3 is 14.5 Å². The van der Waals surface area contributed by atoms with E-state index in [1.807, 2.05) is 41.1 Å². The topological polar surface area (TPSA) is 89.3 Å². The number of nitrogens with one attached hydrogen (secondary N) is 2. The van der Waals surface area contributed by atoms with Crippen molar-refractivity contribution in [3.05, 3.63) is 46.7 Å². The quantitative estimate of drug-likeness (QED) is 0.750. The van der Waals surface area contributed by atoms with Crippen LogP contribution in [0.15, 0.2) is 45.5 Å². The van der Waals surface area contributed by atoms with Crippen LogP contribution in [-0.4, -0.2) is 23.3 Å². The van der Waals surface area contributed by atoms with Crippen LogP contribution in [0.4, 0.5) is 10.8 Å². The van der Waals surface area contributed by atoms with Crippen molar-refractivity contribution in [1.29, 1.82) is 0 Å². The lowest BCUT2D eigenvalue weighted by atomic mass is 10.2. The molecule has 7 nitrogen and oxygen atoms in total. The Hall–Kier alpha value is -2.87. The first-order valence-electron chi connectivity index (χ1n) is 6.78. The van der Waals surface area contributed by atoms with Gasteiger partial charge in [-0.15, -0.1) is 5.10 Å². The summed E-state index contributed by atoms with van der Waals surface area (Å²) in [4.78, 5) is 11.8. The van der Waals surface area contributed by atoms with Crippen LogP contribution in [0.2, 0.25) is 0 Å². The van der Waals surface area contributed by atoms with E-state index in [1.165, 1.54) is 11.3 Å². The second-order valence-electron chi connectivity index (χ2n) is 4.58. The zero-order chi connectivity index (χ0) is 16.1. The molecule has 0 aliphatic heterocycles. The zero-order valence-electron chi connectivity index (χ0n) is 12.3. The molecular formula is C15H14N4O3S. The number of benzene rings is 1. The number of urea groups is 1. The van der Waals surface area contributed by atoms with Crippen molar-refractivity contribution in [3.8, 4) is 17.2 Å². The van der Waals surface area contributed by atoms with Gasteiger partial charge in [0.05, 0.1) is 7.11 Å². The first kappa shape index (κ1) is 15.0. The number of rotatable bonds is 5. The molecule has 0 bridgehead atoms. The van der Waals surface area contributed by atoms with Crippen molar-refractivity contribution < 1.29 is 13.9 Å². The smallest absolute Gasteiger partial charge is 0.324 e. The minimum atomic E-state index is -0.415. The highest BCUT2D eigenvalue weighted by molar-refractivity contribution is 7.08. The molecule has 2 amide bonds. The lowest BCUT2D eigenvalue weighted by Crippen LogP contribution is -2.28. The van der Waals surface area contributed by atoms with Crippen LogP contribution in [0.1, 0.15) is 5.56 Å². The van der Waals surface area contributed by atoms with Crippen LogP contribution in [0.25, 0.3) is 11.5 Å². The van der Waals surface area contributed by atoms with Crippen LogP contribution >= 0.6 is 11.3 Å². The molecule has 0 radical (unpaired) electrons. The minimum absolute atomic E-state index is 0.0541. The van der Waals surface area contributed by atoms with E-state index in [-0.39, 0.29) is 6.01 Å². The van der Waals surface area contributed by atoms with E-state index >= 15 is 0 Å². The molecule has 0 saturated carbocycles. The minimum Gasteiger partial charge on any atom is -0.497 e. The molecule has 118 valence electrons. The molecule has 0 unspecified atom stereocenters. The number of aromatic nitrogens is 2. The number of nitrogens with zero attached hydrogens (tertiary/aromatic N) is 2. The van der Waals surface area contributed by atoms with Gasteiger partial charge in [0.25, 0.3) is 5.89 Å². The second kappa shape index (κ2) is 6.93. The molecule has 2 heterocycles. The van der Waals surface area contributed by atoms with Crippen molar-refractivity contribution in [2.75, 3.05) is 12.4 Å². The summed E-state index contributed by atoms with van der Waals surface area (Å²) in [5.41, 5.74) is 1.78. The maximum Gasteiger partial charge on any atom is 0.324 e. The molecule has 0 aliphatic rings. The monoisotopic (exact) mass is 330 g/mol. The van der Waals surface area contributed by atoms with Gasteiger partial charge in [-0.3, -0.25) is 5.32 Å². The van der Waals surface area contributed by atoms with E-state index < -0.39 is 6.03 Å². The molecule has 0 saturated heterocycles. The molecular weight excluding hydrogens is 316 g/mol. The summed E-state index contributed by atoms with van der Waals surface area (Å²) in [6.07, 6.45) is 0. The molecule has 3 aromatic rings. The maximum atomic E-state index is 11.8. The van der Waals surface area contributed by atoms with E-state index in [0.717, 1.165) is 16.9 Å². The summed E-state index contributed by atoms with van der Waals surface area (Å²) in [6.45, 7) is 0.376. The fourth-order valence-corrected chi connectivity index (χ4v) is 2.47. The summed E-state index contributed by atoms with van der Waals surface area (Å²) in [7, 11) is 1.61. The standard InChI is InChI=1S/C15H14N4O3S/c1-21-12-4-2-10(3-5-12)8-16-14(20)17-15-19-18-13(22-15)11-6-7-23-9-11/h2-7,9H,8H2,1H3,(H2,16,17,19,20). The van der Waals surface area contributed by atoms with Crippen molar-refractivity contribution in [3.63, 3.8) is 0 Å². The largest absolute Gasteiger partial charge is 0.497 e. The fourth-order valence-electron chi connectivity index (χ4n) is 1.84. The van der Waals surface area contributed by atoms with Crippen molar-refractivity contribution in [2.24, 2.45) is 0 Å². The van der Waals surface area contributed by atoms with Crippen molar-refractivity contribution in [2.45, 2.75) is 6.54 Å². The first-order chi connectivity index (χ1) is 11.2. The predicted molar refractivity (Wildman–Crippen MR) is 86.5 cm³/mol. The SMILES string of the molecule is COc1ccc(CNC(=O)Nc2nnc(-c3ccsc3)o2)cc1.